The van der Waals surface area contributed by atoms with Crippen molar-refractivity contribution in [3.8, 4) is 0 Å². The Kier molecular flexibility index (Phi) is 13.6. The molecular formula is C23H34ClF2N5OS. The summed E-state index contributed by atoms with van der Waals surface area (Å²) in [5.41, 5.74) is 1.66. The zero-order valence-corrected chi connectivity index (χ0v) is 21.5. The summed E-state index contributed by atoms with van der Waals surface area (Å²) >= 11 is 7.43. The van der Waals surface area contributed by atoms with Gasteiger partial charge in [-0.05, 0) is 43.3 Å². The van der Waals surface area contributed by atoms with Gasteiger partial charge in [-0.2, -0.15) is 0 Å². The number of nitrogens with zero attached hydrogens (tertiary/aromatic N) is 1. The van der Waals surface area contributed by atoms with Crippen molar-refractivity contribution < 1.29 is 13.5 Å². The van der Waals surface area contributed by atoms with Crippen LogP contribution >= 0.6 is 23.5 Å². The number of nitrogens with one attached hydrogen (secondary N) is 4. The zero-order valence-electron chi connectivity index (χ0n) is 19.9. The lowest BCUT2D eigenvalue weighted by molar-refractivity contribution is 0.145. The van der Waals surface area contributed by atoms with Crippen molar-refractivity contribution in [2.45, 2.75) is 38.9 Å². The lowest BCUT2D eigenvalue weighted by atomic mass is 10.2. The fourth-order valence-electron chi connectivity index (χ4n) is 2.64. The van der Waals surface area contributed by atoms with E-state index in [1.807, 2.05) is 46.7 Å². The van der Waals surface area contributed by atoms with Gasteiger partial charge in [0.2, 0.25) is 6.35 Å². The van der Waals surface area contributed by atoms with Crippen LogP contribution in [0.3, 0.4) is 0 Å². The molecular weight excluding hydrogens is 468 g/mol. The van der Waals surface area contributed by atoms with Crippen molar-refractivity contribution in [2.75, 3.05) is 37.4 Å². The Labute approximate surface area is 205 Å². The molecule has 1 aliphatic rings. The van der Waals surface area contributed by atoms with Gasteiger partial charge in [0, 0.05) is 32.4 Å². The van der Waals surface area contributed by atoms with Gasteiger partial charge in [-0.1, -0.05) is 39.3 Å². The van der Waals surface area contributed by atoms with Gasteiger partial charge in [0.05, 0.1) is 27.0 Å². The zero-order chi connectivity index (χ0) is 24.8. The Morgan fingerprint density at radius 3 is 2.48 bits per heavy atom. The largest absolute Gasteiger partial charge is 0.463 e. The van der Waals surface area contributed by atoms with Crippen LogP contribution in [-0.2, 0) is 4.74 Å². The van der Waals surface area contributed by atoms with Gasteiger partial charge >= 0.3 is 0 Å². The van der Waals surface area contributed by atoms with Crippen molar-refractivity contribution in [1.29, 1.82) is 0 Å². The van der Waals surface area contributed by atoms with Crippen molar-refractivity contribution in [3.05, 3.63) is 59.5 Å². The number of ether oxygens (including phenoxy) is 1. The van der Waals surface area contributed by atoms with E-state index in [-0.39, 0.29) is 5.82 Å². The molecule has 0 aromatic heterocycles. The second-order valence-corrected chi connectivity index (χ2v) is 7.57. The first-order valence-corrected chi connectivity index (χ1v) is 12.1. The maximum atomic E-state index is 14.6. The Hall–Kier alpha value is -2.20. The average molecular weight is 502 g/mol. The molecule has 0 fully saturated rings. The van der Waals surface area contributed by atoms with E-state index in [0.29, 0.717) is 33.5 Å². The van der Waals surface area contributed by atoms with Gasteiger partial charge in [-0.15, -0.1) is 0 Å². The smallest absolute Gasteiger partial charge is 0.235 e. The van der Waals surface area contributed by atoms with E-state index in [9.17, 15) is 8.78 Å². The van der Waals surface area contributed by atoms with Gasteiger partial charge in [0.15, 0.2) is 0 Å². The van der Waals surface area contributed by atoms with Crippen LogP contribution in [0.15, 0.2) is 47.7 Å². The van der Waals surface area contributed by atoms with E-state index in [4.69, 9.17) is 16.3 Å². The van der Waals surface area contributed by atoms with Crippen LogP contribution in [-0.4, -0.2) is 33.5 Å². The van der Waals surface area contributed by atoms with E-state index < -0.39 is 12.2 Å². The maximum Gasteiger partial charge on any atom is 0.235 e. The van der Waals surface area contributed by atoms with Crippen LogP contribution < -0.4 is 25.6 Å². The molecule has 1 atom stereocenters. The highest BCUT2D eigenvalue weighted by Crippen LogP contribution is 2.35. The standard InChI is InChI=1S/C19H22ClF2N5OS.2C2H6/c1-23-5-7-27(2)17-9-12(21)3-4-15(17)25-16-11-14(22)18(10-13(16)20)29-26-19-24-6-8-28-19;2*1-2/h3-4,6,8-11,19,23-26H,5,7H2,1-2H3;2*1-2H3. The average Bonchev–Trinajstić information content (AvgIpc) is 3.36. The molecule has 1 heterocycles. The molecule has 6 nitrogen and oxygen atoms in total. The summed E-state index contributed by atoms with van der Waals surface area (Å²) in [6.07, 6.45) is 2.70. The topological polar surface area (TPSA) is 60.6 Å². The second-order valence-electron chi connectivity index (χ2n) is 6.28. The summed E-state index contributed by atoms with van der Waals surface area (Å²) in [5, 5.41) is 9.40. The van der Waals surface area contributed by atoms with E-state index in [1.54, 1.807) is 12.3 Å². The van der Waals surface area contributed by atoms with E-state index in [0.717, 1.165) is 18.5 Å². The highest BCUT2D eigenvalue weighted by Gasteiger charge is 2.16. The Morgan fingerprint density at radius 1 is 1.12 bits per heavy atom. The predicted molar refractivity (Wildman–Crippen MR) is 137 cm³/mol. The van der Waals surface area contributed by atoms with Crippen LogP contribution in [0, 0.1) is 11.6 Å². The van der Waals surface area contributed by atoms with Crippen LogP contribution in [0.4, 0.5) is 25.8 Å². The lowest BCUT2D eigenvalue weighted by Gasteiger charge is -2.23. The van der Waals surface area contributed by atoms with Gasteiger partial charge in [0.25, 0.3) is 0 Å². The molecule has 0 radical (unpaired) electrons. The molecule has 10 heteroatoms. The van der Waals surface area contributed by atoms with E-state index >= 15 is 0 Å². The third-order valence-electron chi connectivity index (χ3n) is 4.17. The van der Waals surface area contributed by atoms with Crippen molar-refractivity contribution in [2.24, 2.45) is 0 Å². The molecule has 1 unspecified atom stereocenters. The monoisotopic (exact) mass is 501 g/mol. The van der Waals surface area contributed by atoms with Crippen LogP contribution in [0.1, 0.15) is 27.7 Å². The minimum atomic E-state index is -0.451. The summed E-state index contributed by atoms with van der Waals surface area (Å²) in [7, 11) is 3.71. The van der Waals surface area contributed by atoms with Gasteiger partial charge in [0.1, 0.15) is 17.9 Å². The normalized spacial score (nSPS) is 13.7. The van der Waals surface area contributed by atoms with Crippen molar-refractivity contribution >= 4 is 40.6 Å². The summed E-state index contributed by atoms with van der Waals surface area (Å²) in [6, 6.07) is 7.22. The Bertz CT molecular complexity index is 880. The first kappa shape index (κ1) is 28.8. The molecule has 0 amide bonds. The third-order valence-corrected chi connectivity index (χ3v) is 5.34. The first-order chi connectivity index (χ1) is 16.0. The molecule has 0 aliphatic carbocycles. The molecule has 2 aromatic carbocycles. The molecule has 33 heavy (non-hydrogen) atoms. The Morgan fingerprint density at radius 2 is 1.85 bits per heavy atom. The molecule has 0 saturated carbocycles. The Balaban J connectivity index is 0.00000129. The highest BCUT2D eigenvalue weighted by molar-refractivity contribution is 7.97. The minimum Gasteiger partial charge on any atom is -0.463 e. The number of anilines is 3. The van der Waals surface area contributed by atoms with Crippen LogP contribution in [0.25, 0.3) is 0 Å². The van der Waals surface area contributed by atoms with Crippen molar-refractivity contribution in [1.82, 2.24) is 15.4 Å². The fraction of sp³-hybridized carbons (Fsp3) is 0.391. The van der Waals surface area contributed by atoms with Gasteiger partial charge in [-0.3, -0.25) is 0 Å². The molecule has 3 rings (SSSR count). The molecule has 0 spiro atoms. The molecule has 2 aromatic rings. The second kappa shape index (κ2) is 15.6. The number of benzene rings is 2. The molecule has 0 saturated heterocycles. The van der Waals surface area contributed by atoms with Gasteiger partial charge in [-0.25, -0.2) is 13.5 Å². The number of likely N-dealkylation sites (N-methyl/N-ethyl adjacent to an activating group) is 2. The third kappa shape index (κ3) is 8.92. The lowest BCUT2D eigenvalue weighted by Crippen LogP contribution is -2.33. The van der Waals surface area contributed by atoms with Crippen LogP contribution in [0.5, 0.6) is 0 Å². The maximum absolute atomic E-state index is 14.6. The summed E-state index contributed by atoms with van der Waals surface area (Å²) in [4.78, 5) is 2.23. The molecule has 0 bridgehead atoms. The predicted octanol–water partition coefficient (Wildman–Crippen LogP) is 6.04. The van der Waals surface area contributed by atoms with Crippen molar-refractivity contribution in [3.63, 3.8) is 0 Å². The van der Waals surface area contributed by atoms with Crippen LogP contribution in [0.2, 0.25) is 5.02 Å². The number of rotatable bonds is 9. The molecule has 184 valence electrons. The summed E-state index contributed by atoms with van der Waals surface area (Å²) in [5.74, 6) is -0.804. The van der Waals surface area contributed by atoms with E-state index in [2.05, 4.69) is 20.7 Å². The van der Waals surface area contributed by atoms with Gasteiger partial charge < -0.3 is 25.6 Å². The molecule has 1 aliphatic heterocycles. The number of hydrogen-bond acceptors (Lipinski definition) is 7. The minimum absolute atomic E-state index is 0.323. The SMILES string of the molecule is CC.CC.CNCCN(C)c1cc(F)ccc1Nc1cc(F)c(SNC2NC=CO2)cc1Cl. The summed E-state index contributed by atoms with van der Waals surface area (Å²) in [6.45, 7) is 9.40. The first-order valence-electron chi connectivity index (χ1n) is 10.9. The number of hydrogen-bond donors (Lipinski definition) is 4. The fourth-order valence-corrected chi connectivity index (χ4v) is 3.60. The molecule has 4 N–H and O–H groups in total. The summed E-state index contributed by atoms with van der Waals surface area (Å²) < 4.78 is 36.5. The van der Waals surface area contributed by atoms with E-state index in [1.165, 1.54) is 30.5 Å². The quantitative estimate of drug-likeness (QED) is 0.312. The number of halogens is 3. The highest BCUT2D eigenvalue weighted by atomic mass is 35.5.